The van der Waals surface area contributed by atoms with Gasteiger partial charge in [0, 0.05) is 31.0 Å². The third-order valence-electron chi connectivity index (χ3n) is 2.22. The molecule has 0 fully saturated rings. The molecule has 0 saturated carbocycles. The number of carbonyl (C=O) groups is 1. The molecule has 1 heterocycles. The summed E-state index contributed by atoms with van der Waals surface area (Å²) in [6.45, 7) is 8.00. The molecule has 0 unspecified atom stereocenters. The number of nitrogens with one attached hydrogen (secondary N) is 2. The third-order valence-corrected chi connectivity index (χ3v) is 2.22. The van der Waals surface area contributed by atoms with Crippen LogP contribution in [0, 0.1) is 0 Å². The van der Waals surface area contributed by atoms with Crippen LogP contribution in [-0.2, 0) is 11.3 Å². The molecular formula is C12H22N4O. The number of aryl methyl sites for hydroxylation is 1. The molecule has 1 aromatic heterocycles. The maximum atomic E-state index is 11.5. The topological polar surface area (TPSA) is 59.0 Å². The van der Waals surface area contributed by atoms with Gasteiger partial charge in [-0.15, -0.1) is 0 Å². The van der Waals surface area contributed by atoms with Crippen LogP contribution in [0.2, 0.25) is 0 Å². The van der Waals surface area contributed by atoms with Crippen molar-refractivity contribution in [2.24, 2.45) is 0 Å². The largest absolute Gasteiger partial charge is 0.355 e. The fourth-order valence-corrected chi connectivity index (χ4v) is 1.31. The first kappa shape index (κ1) is 13.7. The second-order valence-electron chi connectivity index (χ2n) is 5.08. The summed E-state index contributed by atoms with van der Waals surface area (Å²) in [5.41, 5.74) is -0.0214. The van der Waals surface area contributed by atoms with Crippen molar-refractivity contribution in [2.45, 2.75) is 39.3 Å². The highest BCUT2D eigenvalue weighted by Gasteiger charge is 2.10. The van der Waals surface area contributed by atoms with Crippen molar-refractivity contribution < 1.29 is 4.79 Å². The lowest BCUT2D eigenvalue weighted by atomic mass is 10.1. The quantitative estimate of drug-likeness (QED) is 0.720. The van der Waals surface area contributed by atoms with E-state index in [0.29, 0.717) is 13.1 Å². The molecule has 1 aromatic rings. The fourth-order valence-electron chi connectivity index (χ4n) is 1.31. The fraction of sp³-hybridized carbons (Fsp3) is 0.667. The van der Waals surface area contributed by atoms with E-state index in [9.17, 15) is 4.79 Å². The molecule has 17 heavy (non-hydrogen) atoms. The van der Waals surface area contributed by atoms with E-state index in [0.717, 1.165) is 13.0 Å². The van der Waals surface area contributed by atoms with Gasteiger partial charge in [-0.3, -0.25) is 9.48 Å². The molecule has 96 valence electrons. The summed E-state index contributed by atoms with van der Waals surface area (Å²) in [4.78, 5) is 11.5. The van der Waals surface area contributed by atoms with E-state index < -0.39 is 0 Å². The van der Waals surface area contributed by atoms with Gasteiger partial charge in [0.15, 0.2) is 0 Å². The molecule has 0 aliphatic carbocycles. The molecule has 1 rings (SSSR count). The Labute approximate surface area is 103 Å². The van der Waals surface area contributed by atoms with Crippen LogP contribution in [0.1, 0.15) is 27.2 Å². The molecule has 1 amide bonds. The monoisotopic (exact) mass is 238 g/mol. The number of hydrogen-bond acceptors (Lipinski definition) is 3. The van der Waals surface area contributed by atoms with Gasteiger partial charge in [0.05, 0.1) is 6.54 Å². The van der Waals surface area contributed by atoms with Crippen LogP contribution in [0.5, 0.6) is 0 Å². The summed E-state index contributed by atoms with van der Waals surface area (Å²) in [6.07, 6.45) is 4.57. The average molecular weight is 238 g/mol. The summed E-state index contributed by atoms with van der Waals surface area (Å²) >= 11 is 0. The van der Waals surface area contributed by atoms with E-state index in [1.807, 2.05) is 37.7 Å². The Hall–Kier alpha value is -1.36. The number of hydrogen-bond donors (Lipinski definition) is 2. The number of nitrogens with zero attached hydrogens (tertiary/aromatic N) is 2. The molecule has 0 radical (unpaired) electrons. The summed E-state index contributed by atoms with van der Waals surface area (Å²) in [7, 11) is 0. The minimum absolute atomic E-state index is 0.0214. The summed E-state index contributed by atoms with van der Waals surface area (Å²) in [6, 6.07) is 1.89. The predicted octanol–water partition coefficient (Wildman–Crippen LogP) is 0.777. The zero-order chi connectivity index (χ0) is 12.7. The van der Waals surface area contributed by atoms with Crippen molar-refractivity contribution in [1.29, 1.82) is 0 Å². The molecule has 0 aliphatic heterocycles. The first-order valence-electron chi connectivity index (χ1n) is 5.96. The van der Waals surface area contributed by atoms with Gasteiger partial charge in [-0.1, -0.05) is 0 Å². The smallest absolute Gasteiger partial charge is 0.233 e. The number of rotatable bonds is 6. The highest BCUT2D eigenvalue weighted by molar-refractivity contribution is 5.78. The van der Waals surface area contributed by atoms with Crippen molar-refractivity contribution in [3.63, 3.8) is 0 Å². The van der Waals surface area contributed by atoms with E-state index in [-0.39, 0.29) is 11.4 Å². The van der Waals surface area contributed by atoms with E-state index >= 15 is 0 Å². The number of aromatic nitrogens is 2. The van der Waals surface area contributed by atoms with Gasteiger partial charge in [-0.05, 0) is 33.3 Å². The molecule has 0 atom stereocenters. The van der Waals surface area contributed by atoms with Gasteiger partial charge < -0.3 is 10.6 Å². The van der Waals surface area contributed by atoms with Gasteiger partial charge in [0.1, 0.15) is 0 Å². The van der Waals surface area contributed by atoms with Crippen molar-refractivity contribution in [2.75, 3.05) is 13.1 Å². The van der Waals surface area contributed by atoms with Crippen LogP contribution in [0.3, 0.4) is 0 Å². The Morgan fingerprint density at radius 2 is 2.18 bits per heavy atom. The molecule has 5 heteroatoms. The molecule has 0 aliphatic rings. The molecular weight excluding hydrogens is 216 g/mol. The first-order valence-corrected chi connectivity index (χ1v) is 5.96. The summed E-state index contributed by atoms with van der Waals surface area (Å²) < 4.78 is 1.86. The molecule has 0 spiro atoms. The Balaban J connectivity index is 2.04. The maximum absolute atomic E-state index is 11.5. The Morgan fingerprint density at radius 1 is 1.41 bits per heavy atom. The summed E-state index contributed by atoms with van der Waals surface area (Å²) in [5, 5.41) is 10.1. The molecule has 2 N–H and O–H groups in total. The highest BCUT2D eigenvalue weighted by atomic mass is 16.1. The number of carbonyl (C=O) groups excluding carboxylic acids is 1. The Kier molecular flexibility index (Phi) is 5.15. The van der Waals surface area contributed by atoms with E-state index in [2.05, 4.69) is 15.7 Å². The standard InChI is InChI=1S/C12H22N4O/c1-12(2,3)14-10-11(17)13-6-4-8-16-9-5-7-15-16/h5,7,9,14H,4,6,8,10H2,1-3H3,(H,13,17). The third kappa shape index (κ3) is 6.73. The minimum atomic E-state index is -0.0214. The lowest BCUT2D eigenvalue weighted by molar-refractivity contribution is -0.120. The lowest BCUT2D eigenvalue weighted by Gasteiger charge is -2.19. The maximum Gasteiger partial charge on any atom is 0.233 e. The van der Waals surface area contributed by atoms with Crippen LogP contribution in [0.15, 0.2) is 18.5 Å². The van der Waals surface area contributed by atoms with Crippen LogP contribution in [-0.4, -0.2) is 34.3 Å². The SMILES string of the molecule is CC(C)(C)NCC(=O)NCCCn1cccn1. The van der Waals surface area contributed by atoms with Crippen LogP contribution in [0.25, 0.3) is 0 Å². The van der Waals surface area contributed by atoms with Crippen LogP contribution < -0.4 is 10.6 Å². The second-order valence-corrected chi connectivity index (χ2v) is 5.08. The zero-order valence-electron chi connectivity index (χ0n) is 10.9. The zero-order valence-corrected chi connectivity index (χ0v) is 10.9. The summed E-state index contributed by atoms with van der Waals surface area (Å²) in [5.74, 6) is 0.0420. The second kappa shape index (κ2) is 6.39. The Bertz CT molecular complexity index is 327. The van der Waals surface area contributed by atoms with E-state index in [4.69, 9.17) is 0 Å². The van der Waals surface area contributed by atoms with Crippen LogP contribution in [0.4, 0.5) is 0 Å². The average Bonchev–Trinajstić information content (AvgIpc) is 2.73. The highest BCUT2D eigenvalue weighted by Crippen LogP contribution is 1.96. The molecule has 5 nitrogen and oxygen atoms in total. The molecule has 0 saturated heterocycles. The Morgan fingerprint density at radius 3 is 2.76 bits per heavy atom. The van der Waals surface area contributed by atoms with Gasteiger partial charge >= 0.3 is 0 Å². The van der Waals surface area contributed by atoms with Crippen molar-refractivity contribution in [3.05, 3.63) is 18.5 Å². The van der Waals surface area contributed by atoms with Gasteiger partial charge in [-0.2, -0.15) is 5.10 Å². The normalized spacial score (nSPS) is 11.5. The van der Waals surface area contributed by atoms with Crippen molar-refractivity contribution >= 4 is 5.91 Å². The first-order chi connectivity index (χ1) is 7.97. The predicted molar refractivity (Wildman–Crippen MR) is 67.6 cm³/mol. The van der Waals surface area contributed by atoms with Gasteiger partial charge in [0.25, 0.3) is 0 Å². The molecule has 0 aromatic carbocycles. The van der Waals surface area contributed by atoms with Gasteiger partial charge in [0.2, 0.25) is 5.91 Å². The minimum Gasteiger partial charge on any atom is -0.355 e. The van der Waals surface area contributed by atoms with Crippen molar-refractivity contribution in [3.8, 4) is 0 Å². The number of amides is 1. The van der Waals surface area contributed by atoms with Crippen molar-refractivity contribution in [1.82, 2.24) is 20.4 Å². The van der Waals surface area contributed by atoms with E-state index in [1.54, 1.807) is 6.20 Å². The van der Waals surface area contributed by atoms with Gasteiger partial charge in [-0.25, -0.2) is 0 Å². The molecule has 0 bridgehead atoms. The van der Waals surface area contributed by atoms with E-state index in [1.165, 1.54) is 0 Å². The van der Waals surface area contributed by atoms with Crippen LogP contribution >= 0.6 is 0 Å². The lowest BCUT2D eigenvalue weighted by Crippen LogP contribution is -2.43.